The van der Waals surface area contributed by atoms with Gasteiger partial charge in [-0.1, -0.05) is 41.9 Å². The maximum Gasteiger partial charge on any atom is 0.0933 e. The molecule has 1 aromatic carbocycles. The van der Waals surface area contributed by atoms with Gasteiger partial charge < -0.3 is 0 Å². The molecule has 0 spiro atoms. The van der Waals surface area contributed by atoms with Gasteiger partial charge in [0, 0.05) is 16.8 Å². The minimum Gasteiger partial charge on any atom is -0.240 e. The van der Waals surface area contributed by atoms with Crippen LogP contribution >= 0.6 is 11.6 Å². The van der Waals surface area contributed by atoms with Crippen LogP contribution in [0.3, 0.4) is 0 Å². The molecule has 0 radical (unpaired) electrons. The second-order valence-corrected chi connectivity index (χ2v) is 4.05. The topological polar surface area (TPSA) is 17.3 Å². The van der Waals surface area contributed by atoms with Crippen molar-refractivity contribution in [1.29, 1.82) is 0 Å². The largest absolute Gasteiger partial charge is 0.240 e. The third kappa shape index (κ3) is 1.57. The van der Waals surface area contributed by atoms with Crippen molar-refractivity contribution in [2.45, 2.75) is 0 Å². The number of benzene rings is 1. The molecule has 0 aliphatic carbocycles. The lowest BCUT2D eigenvalue weighted by Gasteiger charge is -1.93. The van der Waals surface area contributed by atoms with Gasteiger partial charge in [0.25, 0.3) is 0 Å². The van der Waals surface area contributed by atoms with Gasteiger partial charge in [0.15, 0.2) is 0 Å². The van der Waals surface area contributed by atoms with E-state index in [2.05, 4.69) is 5.10 Å². The molecule has 2 aromatic heterocycles. The first kappa shape index (κ1) is 9.43. The van der Waals surface area contributed by atoms with Crippen molar-refractivity contribution in [2.24, 2.45) is 0 Å². The molecule has 2 nitrogen and oxygen atoms in total. The number of rotatable bonds is 1. The molecule has 0 unspecified atom stereocenters. The molecule has 3 rings (SSSR count). The Labute approximate surface area is 98.1 Å². The fourth-order valence-corrected chi connectivity index (χ4v) is 1.89. The second-order valence-electron chi connectivity index (χ2n) is 3.61. The van der Waals surface area contributed by atoms with E-state index >= 15 is 0 Å². The molecule has 0 bridgehead atoms. The molecular weight excluding hydrogens is 220 g/mol. The lowest BCUT2D eigenvalue weighted by molar-refractivity contribution is 0.966. The van der Waals surface area contributed by atoms with Crippen molar-refractivity contribution in [3.8, 4) is 11.3 Å². The van der Waals surface area contributed by atoms with Gasteiger partial charge in [-0.2, -0.15) is 5.10 Å². The van der Waals surface area contributed by atoms with Crippen LogP contribution in [0.1, 0.15) is 0 Å². The summed E-state index contributed by atoms with van der Waals surface area (Å²) in [6.07, 6.45) is 1.87. The van der Waals surface area contributed by atoms with Crippen LogP contribution in [-0.2, 0) is 0 Å². The fraction of sp³-hybridized carbons (Fsp3) is 0. The summed E-state index contributed by atoms with van der Waals surface area (Å²) in [5.41, 5.74) is 3.08. The highest BCUT2D eigenvalue weighted by atomic mass is 35.5. The Balaban J connectivity index is 2.19. The number of halogens is 1. The molecule has 78 valence electrons. The number of hydrogen-bond donors (Lipinski definition) is 0. The smallest absolute Gasteiger partial charge is 0.0933 e. The molecule has 0 N–H and O–H groups in total. The summed E-state index contributed by atoms with van der Waals surface area (Å²) in [7, 11) is 0. The molecule has 0 amide bonds. The van der Waals surface area contributed by atoms with E-state index in [0.29, 0.717) is 0 Å². The zero-order valence-electron chi connectivity index (χ0n) is 8.47. The van der Waals surface area contributed by atoms with Crippen LogP contribution in [0.4, 0.5) is 0 Å². The van der Waals surface area contributed by atoms with Crippen molar-refractivity contribution < 1.29 is 0 Å². The molecule has 0 aliphatic heterocycles. The number of pyridine rings is 1. The van der Waals surface area contributed by atoms with E-state index in [1.165, 1.54) is 0 Å². The first-order valence-electron chi connectivity index (χ1n) is 5.03. The van der Waals surface area contributed by atoms with Gasteiger partial charge in [0.05, 0.1) is 11.2 Å². The third-order valence-corrected chi connectivity index (χ3v) is 2.73. The molecule has 3 aromatic rings. The Kier molecular flexibility index (Phi) is 2.15. The second kappa shape index (κ2) is 3.65. The lowest BCUT2D eigenvalue weighted by Crippen LogP contribution is -1.85. The van der Waals surface area contributed by atoms with E-state index in [1.807, 2.05) is 59.2 Å². The molecule has 0 saturated carbocycles. The van der Waals surface area contributed by atoms with E-state index in [4.69, 9.17) is 11.6 Å². The van der Waals surface area contributed by atoms with Gasteiger partial charge >= 0.3 is 0 Å². The van der Waals surface area contributed by atoms with Crippen LogP contribution in [0.15, 0.2) is 54.7 Å². The summed E-state index contributed by atoms with van der Waals surface area (Å²) in [5, 5.41) is 5.21. The fourth-order valence-electron chi connectivity index (χ4n) is 1.72. The standard InChI is InChI=1S/C13H9ClN2/c14-11-6-7-16-12(8-11)9-13(15-16)10-4-2-1-3-5-10/h1-9H. The normalized spacial score (nSPS) is 10.8. The molecule has 0 aliphatic rings. The summed E-state index contributed by atoms with van der Waals surface area (Å²) >= 11 is 5.93. The predicted octanol–water partition coefficient (Wildman–Crippen LogP) is 3.65. The minimum atomic E-state index is 0.729. The Hall–Kier alpha value is -1.80. The number of nitrogens with zero attached hydrogens (tertiary/aromatic N) is 2. The molecule has 0 atom stereocenters. The first-order valence-corrected chi connectivity index (χ1v) is 5.41. The molecular formula is C13H9ClN2. The predicted molar refractivity (Wildman–Crippen MR) is 65.6 cm³/mol. The Morgan fingerprint density at radius 2 is 1.81 bits per heavy atom. The average molecular weight is 229 g/mol. The van der Waals surface area contributed by atoms with Crippen LogP contribution in [0.5, 0.6) is 0 Å². The molecule has 16 heavy (non-hydrogen) atoms. The monoisotopic (exact) mass is 228 g/mol. The Bertz CT molecular complexity index is 629. The summed E-state index contributed by atoms with van der Waals surface area (Å²) in [5.74, 6) is 0. The molecule has 0 fully saturated rings. The van der Waals surface area contributed by atoms with E-state index in [0.717, 1.165) is 21.8 Å². The van der Waals surface area contributed by atoms with Gasteiger partial charge in [-0.15, -0.1) is 0 Å². The summed E-state index contributed by atoms with van der Waals surface area (Å²) < 4.78 is 1.83. The van der Waals surface area contributed by atoms with Gasteiger partial charge in [-0.05, 0) is 18.2 Å². The minimum absolute atomic E-state index is 0.729. The summed E-state index contributed by atoms with van der Waals surface area (Å²) in [4.78, 5) is 0. The number of aromatic nitrogens is 2. The van der Waals surface area contributed by atoms with Gasteiger partial charge in [0.1, 0.15) is 0 Å². The molecule has 2 heterocycles. The highest BCUT2D eigenvalue weighted by molar-refractivity contribution is 6.30. The molecule has 0 saturated heterocycles. The van der Waals surface area contributed by atoms with Crippen molar-refractivity contribution >= 4 is 17.1 Å². The zero-order valence-corrected chi connectivity index (χ0v) is 9.22. The number of hydrogen-bond acceptors (Lipinski definition) is 1. The quantitative estimate of drug-likeness (QED) is 0.621. The van der Waals surface area contributed by atoms with E-state index in [1.54, 1.807) is 0 Å². The van der Waals surface area contributed by atoms with Crippen LogP contribution in [0.25, 0.3) is 16.8 Å². The van der Waals surface area contributed by atoms with Crippen LogP contribution in [0, 0.1) is 0 Å². The van der Waals surface area contributed by atoms with Crippen molar-refractivity contribution in [1.82, 2.24) is 9.61 Å². The van der Waals surface area contributed by atoms with Crippen LogP contribution in [-0.4, -0.2) is 9.61 Å². The SMILES string of the molecule is Clc1ccn2nc(-c3ccccc3)cc2c1. The van der Waals surface area contributed by atoms with E-state index in [9.17, 15) is 0 Å². The van der Waals surface area contributed by atoms with Gasteiger partial charge in [0.2, 0.25) is 0 Å². The maximum absolute atomic E-state index is 5.93. The van der Waals surface area contributed by atoms with Gasteiger partial charge in [-0.3, -0.25) is 0 Å². The molecule has 3 heteroatoms. The highest BCUT2D eigenvalue weighted by Gasteiger charge is 2.03. The van der Waals surface area contributed by atoms with Crippen molar-refractivity contribution in [3.05, 3.63) is 59.8 Å². The Morgan fingerprint density at radius 1 is 1.00 bits per heavy atom. The van der Waals surface area contributed by atoms with Gasteiger partial charge in [-0.25, -0.2) is 4.52 Å². The first-order chi connectivity index (χ1) is 7.83. The Morgan fingerprint density at radius 3 is 2.62 bits per heavy atom. The van der Waals surface area contributed by atoms with Crippen LogP contribution < -0.4 is 0 Å². The van der Waals surface area contributed by atoms with Crippen molar-refractivity contribution in [2.75, 3.05) is 0 Å². The average Bonchev–Trinajstić information content (AvgIpc) is 2.73. The highest BCUT2D eigenvalue weighted by Crippen LogP contribution is 2.20. The summed E-state index contributed by atoms with van der Waals surface area (Å²) in [6, 6.07) is 15.9. The summed E-state index contributed by atoms with van der Waals surface area (Å²) in [6.45, 7) is 0. The lowest BCUT2D eigenvalue weighted by atomic mass is 10.1. The maximum atomic E-state index is 5.93. The van der Waals surface area contributed by atoms with Crippen LogP contribution in [0.2, 0.25) is 5.02 Å². The zero-order chi connectivity index (χ0) is 11.0. The van der Waals surface area contributed by atoms with E-state index < -0.39 is 0 Å². The number of fused-ring (bicyclic) bond motifs is 1. The third-order valence-electron chi connectivity index (χ3n) is 2.49. The van der Waals surface area contributed by atoms with E-state index in [-0.39, 0.29) is 0 Å². The van der Waals surface area contributed by atoms with Crippen molar-refractivity contribution in [3.63, 3.8) is 0 Å².